The third-order valence-electron chi connectivity index (χ3n) is 4.32. The molecule has 0 aliphatic carbocycles. The second-order valence-electron chi connectivity index (χ2n) is 5.99. The number of hydrogen-bond acceptors (Lipinski definition) is 3. The highest BCUT2D eigenvalue weighted by atomic mass is 15.4. The number of hydrogen-bond donors (Lipinski definition) is 2. The molecule has 1 aliphatic heterocycles. The van der Waals surface area contributed by atoms with E-state index in [-0.39, 0.29) is 0 Å². The summed E-state index contributed by atoms with van der Waals surface area (Å²) in [6.45, 7) is 5.47. The Morgan fingerprint density at radius 2 is 2.14 bits per heavy atom. The second kappa shape index (κ2) is 5.80. The molecule has 4 nitrogen and oxygen atoms in total. The molecular formula is C17H24N4. The van der Waals surface area contributed by atoms with Gasteiger partial charge in [0.2, 0.25) is 0 Å². The van der Waals surface area contributed by atoms with E-state index < -0.39 is 0 Å². The summed E-state index contributed by atoms with van der Waals surface area (Å²) in [5.74, 6) is 1.66. The van der Waals surface area contributed by atoms with Crippen LogP contribution in [0.4, 0.5) is 11.5 Å². The topological polar surface area (TPSA) is 55.9 Å². The Balaban J connectivity index is 1.92. The van der Waals surface area contributed by atoms with Crippen LogP contribution in [0, 0.1) is 0 Å². The third-order valence-corrected chi connectivity index (χ3v) is 4.32. The van der Waals surface area contributed by atoms with E-state index in [2.05, 4.69) is 42.0 Å². The number of anilines is 2. The van der Waals surface area contributed by atoms with Crippen LogP contribution in [0.5, 0.6) is 0 Å². The number of fused-ring (bicyclic) bond motifs is 1. The van der Waals surface area contributed by atoms with Crippen molar-refractivity contribution < 1.29 is 0 Å². The van der Waals surface area contributed by atoms with Gasteiger partial charge < -0.3 is 11.1 Å². The van der Waals surface area contributed by atoms with Crippen LogP contribution in [0.25, 0.3) is 0 Å². The first-order chi connectivity index (χ1) is 10.2. The van der Waals surface area contributed by atoms with E-state index in [9.17, 15) is 0 Å². The van der Waals surface area contributed by atoms with E-state index >= 15 is 0 Å². The molecule has 112 valence electrons. The van der Waals surface area contributed by atoms with Crippen LogP contribution in [0.1, 0.15) is 56.3 Å². The maximum Gasteiger partial charge on any atom is 0.125 e. The normalized spacial score (nSPS) is 18.9. The van der Waals surface area contributed by atoms with Crippen molar-refractivity contribution in [2.75, 3.05) is 17.6 Å². The average Bonchev–Trinajstić information content (AvgIpc) is 2.92. The van der Waals surface area contributed by atoms with Crippen molar-refractivity contribution in [3.05, 3.63) is 41.6 Å². The molecule has 21 heavy (non-hydrogen) atoms. The predicted octanol–water partition coefficient (Wildman–Crippen LogP) is 3.77. The lowest BCUT2D eigenvalue weighted by Gasteiger charge is -2.26. The number of nitrogens with zero attached hydrogens (tertiary/aromatic N) is 2. The molecule has 0 spiro atoms. The van der Waals surface area contributed by atoms with Crippen molar-refractivity contribution >= 4 is 11.5 Å². The molecule has 4 heteroatoms. The number of benzene rings is 1. The van der Waals surface area contributed by atoms with Crippen molar-refractivity contribution in [3.8, 4) is 0 Å². The van der Waals surface area contributed by atoms with Crippen LogP contribution < -0.4 is 11.1 Å². The molecule has 0 radical (unpaired) electrons. The summed E-state index contributed by atoms with van der Waals surface area (Å²) >= 11 is 0. The Morgan fingerprint density at radius 3 is 2.86 bits per heavy atom. The smallest absolute Gasteiger partial charge is 0.125 e. The van der Waals surface area contributed by atoms with Gasteiger partial charge in [0.25, 0.3) is 0 Å². The van der Waals surface area contributed by atoms with Gasteiger partial charge in [0, 0.05) is 24.2 Å². The van der Waals surface area contributed by atoms with E-state index in [0.717, 1.165) is 24.5 Å². The van der Waals surface area contributed by atoms with Gasteiger partial charge in [-0.3, -0.25) is 0 Å². The fraction of sp³-hybridized carbons (Fsp3) is 0.471. The molecule has 1 aromatic carbocycles. The second-order valence-corrected chi connectivity index (χ2v) is 5.99. The lowest BCUT2D eigenvalue weighted by Crippen LogP contribution is -2.24. The molecular weight excluding hydrogens is 260 g/mol. The lowest BCUT2D eigenvalue weighted by molar-refractivity contribution is 0.473. The molecule has 3 N–H and O–H groups in total. The Hall–Kier alpha value is -1.97. The van der Waals surface area contributed by atoms with Gasteiger partial charge in [-0.25, -0.2) is 4.68 Å². The molecule has 0 saturated carbocycles. The van der Waals surface area contributed by atoms with Gasteiger partial charge in [-0.05, 0) is 30.5 Å². The number of aromatic nitrogens is 2. The quantitative estimate of drug-likeness (QED) is 0.840. The summed E-state index contributed by atoms with van der Waals surface area (Å²) in [7, 11) is 0. The van der Waals surface area contributed by atoms with E-state index in [0.29, 0.717) is 12.0 Å². The van der Waals surface area contributed by atoms with Crippen LogP contribution in [0.2, 0.25) is 0 Å². The van der Waals surface area contributed by atoms with E-state index in [1.54, 1.807) is 0 Å². The van der Waals surface area contributed by atoms with Gasteiger partial charge in [-0.2, -0.15) is 5.10 Å². The van der Waals surface area contributed by atoms with Crippen LogP contribution >= 0.6 is 0 Å². The van der Waals surface area contributed by atoms with Gasteiger partial charge in [-0.15, -0.1) is 0 Å². The third kappa shape index (κ3) is 2.75. The number of nitrogens with one attached hydrogen (secondary N) is 1. The van der Waals surface area contributed by atoms with Crippen molar-refractivity contribution in [1.29, 1.82) is 0 Å². The number of nitrogen functional groups attached to an aromatic ring is 1. The molecule has 0 amide bonds. The van der Waals surface area contributed by atoms with Gasteiger partial charge in [-0.1, -0.05) is 32.4 Å². The molecule has 3 rings (SSSR count). The molecule has 0 fully saturated rings. The van der Waals surface area contributed by atoms with Gasteiger partial charge in [0.15, 0.2) is 0 Å². The molecule has 2 atom stereocenters. The first-order valence-corrected chi connectivity index (χ1v) is 7.87. The minimum absolute atomic E-state index is 0.310. The zero-order valence-electron chi connectivity index (χ0n) is 12.8. The average molecular weight is 284 g/mol. The van der Waals surface area contributed by atoms with Crippen LogP contribution in [0.15, 0.2) is 30.3 Å². The van der Waals surface area contributed by atoms with E-state index in [1.165, 1.54) is 24.1 Å². The number of rotatable bonds is 4. The Morgan fingerprint density at radius 1 is 1.38 bits per heavy atom. The standard InChI is InChI=1S/C17H24N4/c1-3-4-12(2)15-11-17-19-10-9-16(21(17)20-15)13-5-7-14(18)8-6-13/h5-8,11-12,16,19H,3-4,9-10,18H2,1-2H3. The van der Waals surface area contributed by atoms with Crippen LogP contribution in [-0.4, -0.2) is 16.3 Å². The fourth-order valence-corrected chi connectivity index (χ4v) is 3.09. The van der Waals surface area contributed by atoms with Crippen molar-refractivity contribution in [2.45, 2.75) is 45.1 Å². The highest BCUT2D eigenvalue weighted by Gasteiger charge is 2.24. The van der Waals surface area contributed by atoms with E-state index in [1.807, 2.05) is 12.1 Å². The van der Waals surface area contributed by atoms with Crippen molar-refractivity contribution in [2.24, 2.45) is 0 Å². The molecule has 1 aromatic heterocycles. The minimum atomic E-state index is 0.310. The summed E-state index contributed by atoms with van der Waals surface area (Å²) in [5.41, 5.74) is 9.08. The highest BCUT2D eigenvalue weighted by Crippen LogP contribution is 2.32. The molecule has 2 unspecified atom stereocenters. The summed E-state index contributed by atoms with van der Waals surface area (Å²) in [6, 6.07) is 10.7. The first-order valence-electron chi connectivity index (χ1n) is 7.87. The lowest BCUT2D eigenvalue weighted by atomic mass is 10.0. The zero-order chi connectivity index (χ0) is 14.8. The molecule has 0 bridgehead atoms. The fourth-order valence-electron chi connectivity index (χ4n) is 3.09. The largest absolute Gasteiger partial charge is 0.399 e. The van der Waals surface area contributed by atoms with Crippen LogP contribution in [-0.2, 0) is 0 Å². The van der Waals surface area contributed by atoms with Gasteiger partial charge >= 0.3 is 0 Å². The molecule has 1 aliphatic rings. The van der Waals surface area contributed by atoms with Crippen molar-refractivity contribution in [3.63, 3.8) is 0 Å². The number of nitrogens with two attached hydrogens (primary N) is 1. The minimum Gasteiger partial charge on any atom is -0.399 e. The summed E-state index contributed by atoms with van der Waals surface area (Å²) < 4.78 is 2.15. The summed E-state index contributed by atoms with van der Waals surface area (Å²) in [5, 5.41) is 8.34. The zero-order valence-corrected chi connectivity index (χ0v) is 12.8. The summed E-state index contributed by atoms with van der Waals surface area (Å²) in [6.07, 6.45) is 3.43. The van der Waals surface area contributed by atoms with E-state index in [4.69, 9.17) is 10.8 Å². The summed E-state index contributed by atoms with van der Waals surface area (Å²) in [4.78, 5) is 0. The SMILES string of the molecule is CCCC(C)c1cc2n(n1)C(c1ccc(N)cc1)CCN2. The monoisotopic (exact) mass is 284 g/mol. The Kier molecular flexibility index (Phi) is 3.86. The van der Waals surface area contributed by atoms with Crippen LogP contribution in [0.3, 0.4) is 0 Å². The van der Waals surface area contributed by atoms with Crippen molar-refractivity contribution in [1.82, 2.24) is 9.78 Å². The molecule has 2 heterocycles. The Labute approximate surface area is 126 Å². The predicted molar refractivity (Wildman–Crippen MR) is 87.7 cm³/mol. The maximum atomic E-state index is 5.79. The first kappa shape index (κ1) is 14.0. The Bertz CT molecular complexity index is 600. The molecule has 2 aromatic rings. The van der Waals surface area contributed by atoms with Gasteiger partial charge in [0.1, 0.15) is 5.82 Å². The molecule has 0 saturated heterocycles. The van der Waals surface area contributed by atoms with Gasteiger partial charge in [0.05, 0.1) is 11.7 Å². The highest BCUT2D eigenvalue weighted by molar-refractivity contribution is 5.44. The maximum absolute atomic E-state index is 5.79.